The van der Waals surface area contributed by atoms with Crippen molar-refractivity contribution in [3.63, 3.8) is 0 Å². The van der Waals surface area contributed by atoms with E-state index in [4.69, 9.17) is 6.42 Å². The molecule has 0 saturated heterocycles. The van der Waals surface area contributed by atoms with Gasteiger partial charge in [0.25, 0.3) is 11.8 Å². The van der Waals surface area contributed by atoms with E-state index in [9.17, 15) is 18.2 Å². The number of nitrogens with zero attached hydrogens (tertiary/aromatic N) is 2. The van der Waals surface area contributed by atoms with E-state index < -0.39 is 28.6 Å². The molecule has 9 nitrogen and oxygen atoms in total. The monoisotopic (exact) mass is 468 g/mol. The summed E-state index contributed by atoms with van der Waals surface area (Å²) in [5.74, 6) is 0.305. The SMILES string of the molecule is C#CC(=O)NCCNc1cnn(-c2cc(C)cc(C(=O)NNS(=O)c3ccccc3F)c2)c1. The molecule has 3 rings (SSSR count). The molecule has 2 amide bonds. The number of hydrogen-bond donors (Lipinski definition) is 4. The molecule has 170 valence electrons. The minimum atomic E-state index is -1.96. The van der Waals surface area contributed by atoms with Gasteiger partial charge in [0.2, 0.25) is 0 Å². The second kappa shape index (κ2) is 11.0. The van der Waals surface area contributed by atoms with Crippen LogP contribution in [-0.2, 0) is 15.8 Å². The first-order chi connectivity index (χ1) is 15.9. The van der Waals surface area contributed by atoms with Crippen molar-refractivity contribution < 1.29 is 18.2 Å². The summed E-state index contributed by atoms with van der Waals surface area (Å²) in [4.78, 5) is 25.9. The van der Waals surface area contributed by atoms with Gasteiger partial charge < -0.3 is 10.6 Å². The Morgan fingerprint density at radius 1 is 1.21 bits per heavy atom. The number of carbonyl (C=O) groups is 2. The van der Waals surface area contributed by atoms with E-state index >= 15 is 0 Å². The molecule has 1 aromatic heterocycles. The van der Waals surface area contributed by atoms with Crippen molar-refractivity contribution in [1.82, 2.24) is 25.4 Å². The second-order valence-electron chi connectivity index (χ2n) is 6.81. The molecule has 11 heteroatoms. The van der Waals surface area contributed by atoms with Gasteiger partial charge in [0.05, 0.1) is 28.7 Å². The molecule has 3 aromatic rings. The van der Waals surface area contributed by atoms with Gasteiger partial charge >= 0.3 is 0 Å². The first-order valence-electron chi connectivity index (χ1n) is 9.74. The maximum absolute atomic E-state index is 13.7. The van der Waals surface area contributed by atoms with Crippen molar-refractivity contribution in [2.75, 3.05) is 18.4 Å². The second-order valence-corrected chi connectivity index (χ2v) is 7.99. The predicted molar refractivity (Wildman–Crippen MR) is 122 cm³/mol. The zero-order chi connectivity index (χ0) is 23.8. The van der Waals surface area contributed by atoms with Crippen molar-refractivity contribution in [3.05, 3.63) is 71.8 Å². The molecular weight excluding hydrogens is 447 g/mol. The highest BCUT2D eigenvalue weighted by atomic mass is 32.2. The van der Waals surface area contributed by atoms with E-state index in [0.29, 0.717) is 30.0 Å². The van der Waals surface area contributed by atoms with E-state index in [2.05, 4.69) is 26.0 Å². The summed E-state index contributed by atoms with van der Waals surface area (Å²) < 4.78 is 27.5. The molecule has 0 aliphatic heterocycles. The van der Waals surface area contributed by atoms with E-state index in [1.165, 1.54) is 18.2 Å². The van der Waals surface area contributed by atoms with Gasteiger partial charge in [0.15, 0.2) is 0 Å². The Kier molecular flexibility index (Phi) is 7.91. The number of hydrazine groups is 1. The smallest absolute Gasteiger partial charge is 0.295 e. The number of rotatable bonds is 9. The van der Waals surface area contributed by atoms with Crippen molar-refractivity contribution in [2.24, 2.45) is 0 Å². The fourth-order valence-corrected chi connectivity index (χ4v) is 3.57. The topological polar surface area (TPSA) is 117 Å². The molecule has 0 aliphatic carbocycles. The Labute approximate surface area is 192 Å². The van der Waals surface area contributed by atoms with E-state index in [-0.39, 0.29) is 4.90 Å². The van der Waals surface area contributed by atoms with E-state index in [1.54, 1.807) is 35.3 Å². The van der Waals surface area contributed by atoms with Crippen molar-refractivity contribution in [2.45, 2.75) is 11.8 Å². The summed E-state index contributed by atoms with van der Waals surface area (Å²) in [6.07, 6.45) is 8.32. The summed E-state index contributed by atoms with van der Waals surface area (Å²) in [5.41, 5.74) is 4.77. The predicted octanol–water partition coefficient (Wildman–Crippen LogP) is 1.44. The number of hydrogen-bond acceptors (Lipinski definition) is 5. The first kappa shape index (κ1) is 23.6. The normalized spacial score (nSPS) is 11.3. The van der Waals surface area contributed by atoms with Crippen LogP contribution in [0, 0.1) is 25.1 Å². The molecule has 0 radical (unpaired) electrons. The van der Waals surface area contributed by atoms with Crippen LogP contribution in [0.2, 0.25) is 0 Å². The zero-order valence-electron chi connectivity index (χ0n) is 17.6. The van der Waals surface area contributed by atoms with Crippen LogP contribution in [0.25, 0.3) is 5.69 Å². The number of carbonyl (C=O) groups excluding carboxylic acids is 2. The van der Waals surface area contributed by atoms with Gasteiger partial charge in [-0.1, -0.05) is 12.1 Å². The standard InChI is InChI=1S/C22H21FN6O3S/c1-3-21(30)25-9-8-24-17-13-26-29(14-17)18-11-15(2)10-16(12-18)22(31)27-28-33(32)20-7-5-4-6-19(20)23/h1,4-7,10-14,24,28H,8-9H2,2H3,(H,25,30)(H,27,31). The number of aromatic nitrogens is 2. The number of anilines is 1. The van der Waals surface area contributed by atoms with Gasteiger partial charge in [0, 0.05) is 18.7 Å². The lowest BCUT2D eigenvalue weighted by Crippen LogP contribution is -2.38. The third-order valence-electron chi connectivity index (χ3n) is 4.34. The highest BCUT2D eigenvalue weighted by Crippen LogP contribution is 2.16. The summed E-state index contributed by atoms with van der Waals surface area (Å²) in [5, 5.41) is 9.92. The lowest BCUT2D eigenvalue weighted by Gasteiger charge is -2.10. The third-order valence-corrected chi connectivity index (χ3v) is 5.35. The first-order valence-corrected chi connectivity index (χ1v) is 10.9. The molecule has 0 saturated carbocycles. The van der Waals surface area contributed by atoms with Crippen LogP contribution < -0.4 is 20.9 Å². The average Bonchev–Trinajstić information content (AvgIpc) is 3.29. The molecule has 2 aromatic carbocycles. The van der Waals surface area contributed by atoms with Crippen molar-refractivity contribution in [1.29, 1.82) is 0 Å². The molecule has 0 fully saturated rings. The van der Waals surface area contributed by atoms with Crippen LogP contribution in [0.15, 0.2) is 59.8 Å². The number of aryl methyl sites for hydroxylation is 1. The van der Waals surface area contributed by atoms with Crippen LogP contribution in [0.5, 0.6) is 0 Å². The van der Waals surface area contributed by atoms with Crippen LogP contribution in [0.1, 0.15) is 15.9 Å². The van der Waals surface area contributed by atoms with Gasteiger partial charge in [-0.25, -0.2) is 13.3 Å². The molecule has 0 bridgehead atoms. The lowest BCUT2D eigenvalue weighted by atomic mass is 10.1. The summed E-state index contributed by atoms with van der Waals surface area (Å²) in [7, 11) is -1.96. The fraction of sp³-hybridized carbons (Fsp3) is 0.136. The van der Waals surface area contributed by atoms with Gasteiger partial charge in [-0.3, -0.25) is 15.0 Å². The van der Waals surface area contributed by atoms with Gasteiger partial charge in [0.1, 0.15) is 16.8 Å². The quantitative estimate of drug-likeness (QED) is 0.215. The van der Waals surface area contributed by atoms with Gasteiger partial charge in [-0.2, -0.15) is 5.10 Å². The maximum atomic E-state index is 13.7. The Morgan fingerprint density at radius 2 is 2.00 bits per heavy atom. The van der Waals surface area contributed by atoms with E-state index in [0.717, 1.165) is 5.56 Å². The highest BCUT2D eigenvalue weighted by Gasteiger charge is 2.13. The molecule has 0 spiro atoms. The van der Waals surface area contributed by atoms with Gasteiger partial charge in [-0.05, 0) is 48.7 Å². The van der Waals surface area contributed by atoms with Crippen LogP contribution in [0.3, 0.4) is 0 Å². The largest absolute Gasteiger partial charge is 0.381 e. The Hall–Kier alpha value is -4.01. The maximum Gasteiger partial charge on any atom is 0.295 e. The lowest BCUT2D eigenvalue weighted by molar-refractivity contribution is -0.115. The summed E-state index contributed by atoms with van der Waals surface area (Å²) in [6.45, 7) is 2.62. The van der Waals surface area contributed by atoms with E-state index in [1.807, 2.05) is 18.9 Å². The van der Waals surface area contributed by atoms with Crippen molar-refractivity contribution >= 4 is 28.5 Å². The van der Waals surface area contributed by atoms with Crippen LogP contribution in [-0.4, -0.2) is 38.9 Å². The summed E-state index contributed by atoms with van der Waals surface area (Å²) in [6, 6.07) is 10.7. The zero-order valence-corrected chi connectivity index (χ0v) is 18.4. The minimum absolute atomic E-state index is 0.0711. The van der Waals surface area contributed by atoms with Gasteiger partial charge in [-0.15, -0.1) is 11.3 Å². The number of terminal acetylenes is 1. The Balaban J connectivity index is 1.63. The number of amides is 2. The highest BCUT2D eigenvalue weighted by molar-refractivity contribution is 7.83. The minimum Gasteiger partial charge on any atom is -0.381 e. The molecule has 1 atom stereocenters. The molecule has 1 heterocycles. The van der Waals surface area contributed by atoms with Crippen LogP contribution >= 0.6 is 0 Å². The van der Waals surface area contributed by atoms with Crippen LogP contribution in [0.4, 0.5) is 10.1 Å². The Bertz CT molecular complexity index is 1240. The molecular formula is C22H21FN6O3S. The third kappa shape index (κ3) is 6.49. The molecule has 33 heavy (non-hydrogen) atoms. The number of benzene rings is 2. The molecule has 0 aliphatic rings. The van der Waals surface area contributed by atoms with Crippen molar-refractivity contribution in [3.8, 4) is 18.0 Å². The average molecular weight is 469 g/mol. The molecule has 1 unspecified atom stereocenters. The number of nitrogens with one attached hydrogen (secondary N) is 4. The number of halogens is 1. The fourth-order valence-electron chi connectivity index (χ4n) is 2.83. The summed E-state index contributed by atoms with van der Waals surface area (Å²) >= 11 is 0. The Morgan fingerprint density at radius 3 is 2.76 bits per heavy atom. The molecule has 4 N–H and O–H groups in total.